The van der Waals surface area contributed by atoms with Crippen molar-refractivity contribution in [2.75, 3.05) is 20.8 Å². The van der Waals surface area contributed by atoms with Gasteiger partial charge >= 0.3 is 5.97 Å². The van der Waals surface area contributed by atoms with Crippen LogP contribution in [0.2, 0.25) is 0 Å². The highest BCUT2D eigenvalue weighted by atomic mass is 32.2. The quantitative estimate of drug-likeness (QED) is 0.166. The van der Waals surface area contributed by atoms with Crippen LogP contribution in [0, 0.1) is 5.41 Å². The molecule has 8 heteroatoms. The molecule has 136 valence electrons. The van der Waals surface area contributed by atoms with Gasteiger partial charge < -0.3 is 23.5 Å². The topological polar surface area (TPSA) is 74.2 Å². The van der Waals surface area contributed by atoms with Gasteiger partial charge in [-0.05, 0) is 19.8 Å². The number of hydrogen-bond acceptors (Lipinski definition) is 7. The molecule has 0 aromatic carbocycles. The molecule has 1 N–H and O–H groups in total. The molecule has 0 saturated carbocycles. The van der Waals surface area contributed by atoms with Crippen molar-refractivity contribution in [2.24, 2.45) is 5.41 Å². The first-order valence-corrected chi connectivity index (χ1v) is 8.53. The van der Waals surface area contributed by atoms with Crippen molar-refractivity contribution in [1.82, 2.24) is 0 Å². The minimum absolute atomic E-state index is 0.0616. The van der Waals surface area contributed by atoms with Crippen LogP contribution in [0.15, 0.2) is 24.3 Å². The number of carbonyl (C=O) groups is 1. The minimum atomic E-state index is -1.42. The van der Waals surface area contributed by atoms with Crippen LogP contribution in [0.3, 0.4) is 0 Å². The molecular formula is C16H27BO6S. The molecule has 0 aromatic rings. The SMILES string of the molecule is [3H]BSOCC(C)(C)[C@]1(OC)O[C@H](CC=C)C/C(=C\C(=O)OC)[C@@H]1O. The van der Waals surface area contributed by atoms with Gasteiger partial charge in [0.15, 0.2) is 0 Å². The van der Waals surface area contributed by atoms with E-state index in [9.17, 15) is 9.90 Å². The first-order valence-electron chi connectivity index (χ1n) is 8.32. The van der Waals surface area contributed by atoms with Crippen molar-refractivity contribution in [3.05, 3.63) is 24.3 Å². The largest absolute Gasteiger partial charge is 0.466 e. The van der Waals surface area contributed by atoms with E-state index in [0.29, 0.717) is 18.4 Å². The molecule has 1 saturated heterocycles. The second-order valence-electron chi connectivity index (χ2n) is 6.25. The van der Waals surface area contributed by atoms with Crippen LogP contribution < -0.4 is 0 Å². The summed E-state index contributed by atoms with van der Waals surface area (Å²) in [5, 5.41) is 11.0. The van der Waals surface area contributed by atoms with Gasteiger partial charge in [-0.3, -0.25) is 0 Å². The third-order valence-corrected chi connectivity index (χ3v) is 4.48. The fraction of sp³-hybridized carbons (Fsp3) is 0.688. The minimum Gasteiger partial charge on any atom is -0.466 e. The summed E-state index contributed by atoms with van der Waals surface area (Å²) in [6.45, 7) is 7.60. The summed E-state index contributed by atoms with van der Waals surface area (Å²) in [5.74, 6) is -1.96. The van der Waals surface area contributed by atoms with E-state index >= 15 is 0 Å². The molecule has 1 aliphatic heterocycles. The standard InChI is InChI=1S/C16H27BO6S/c1-6-7-12-8-11(9-13(18)20-4)14(19)16(21-5,23-12)15(2,3)10-22-24-17/h6,9,12,14,19H,1,7-8,10,17H2,2-5H3/b11-9+/t12-,14+,16-/m1/s1/i17T. The van der Waals surface area contributed by atoms with Crippen LogP contribution in [0.25, 0.3) is 0 Å². The van der Waals surface area contributed by atoms with Gasteiger partial charge in [-0.15, -0.1) is 6.58 Å². The lowest BCUT2D eigenvalue weighted by Gasteiger charge is -2.52. The van der Waals surface area contributed by atoms with Crippen molar-refractivity contribution in [2.45, 2.75) is 44.7 Å². The average Bonchev–Trinajstić information content (AvgIpc) is 2.57. The molecule has 1 rings (SSSR count). The number of ether oxygens (including phenoxy) is 3. The highest BCUT2D eigenvalue weighted by Crippen LogP contribution is 2.46. The molecule has 0 spiro atoms. The second-order valence-corrected chi connectivity index (χ2v) is 6.72. The highest BCUT2D eigenvalue weighted by molar-refractivity contribution is 8.15. The first kappa shape index (κ1) is 19.5. The Labute approximate surface area is 150 Å². The first-order chi connectivity index (χ1) is 11.8. The zero-order valence-corrected chi connectivity index (χ0v) is 15.6. The van der Waals surface area contributed by atoms with E-state index in [2.05, 4.69) is 11.3 Å². The Hall–Kier alpha value is -0.795. The summed E-state index contributed by atoms with van der Waals surface area (Å²) < 4.78 is 29.1. The smallest absolute Gasteiger partial charge is 0.330 e. The van der Waals surface area contributed by atoms with Crippen LogP contribution in [-0.2, 0) is 23.2 Å². The van der Waals surface area contributed by atoms with Crippen molar-refractivity contribution < 1.29 is 28.3 Å². The number of hydrogen-bond donors (Lipinski definition) is 1. The maximum Gasteiger partial charge on any atom is 0.330 e. The molecule has 0 unspecified atom stereocenters. The van der Waals surface area contributed by atoms with Crippen molar-refractivity contribution in [3.8, 4) is 0 Å². The Morgan fingerprint density at radius 2 is 2.38 bits per heavy atom. The molecular weight excluding hydrogens is 331 g/mol. The zero-order valence-electron chi connectivity index (χ0n) is 15.7. The third-order valence-electron chi connectivity index (χ3n) is 4.20. The number of aliphatic hydroxyl groups is 1. The molecule has 0 aliphatic carbocycles. The Bertz CT molecular complexity index is 501. The molecule has 1 heterocycles. The third kappa shape index (κ3) is 4.43. The predicted octanol–water partition coefficient (Wildman–Crippen LogP) is 1.39. The van der Waals surface area contributed by atoms with E-state index in [1.54, 1.807) is 6.08 Å². The molecule has 0 aromatic heterocycles. The number of rotatable bonds is 9. The van der Waals surface area contributed by atoms with E-state index in [1.807, 2.05) is 13.8 Å². The second kappa shape index (κ2) is 9.06. The number of aliphatic hydroxyl groups excluding tert-OH is 1. The van der Waals surface area contributed by atoms with Gasteiger partial charge in [0.1, 0.15) is 6.10 Å². The van der Waals surface area contributed by atoms with Gasteiger partial charge in [0.05, 0.1) is 19.8 Å². The summed E-state index contributed by atoms with van der Waals surface area (Å²) in [6.07, 6.45) is 2.43. The normalized spacial score (nSPS) is 29.9. The molecule has 0 radical (unpaired) electrons. The Kier molecular flexibility index (Phi) is 7.37. The number of esters is 1. The van der Waals surface area contributed by atoms with Crippen molar-refractivity contribution in [1.29, 1.82) is 1.34 Å². The van der Waals surface area contributed by atoms with Gasteiger partial charge in [-0.25, -0.2) is 4.79 Å². The van der Waals surface area contributed by atoms with Crippen molar-refractivity contribution in [3.63, 3.8) is 0 Å². The monoisotopic (exact) mass is 360 g/mol. The molecule has 0 bridgehead atoms. The summed E-state index contributed by atoms with van der Waals surface area (Å²) in [6, 6.07) is 0. The van der Waals surface area contributed by atoms with Crippen LogP contribution in [0.5, 0.6) is 0 Å². The van der Waals surface area contributed by atoms with Crippen LogP contribution in [-0.4, -0.2) is 58.3 Å². The zero-order chi connectivity index (χ0) is 19.1. The fourth-order valence-corrected chi connectivity index (χ4v) is 3.27. The number of carbonyl (C=O) groups excluding carboxylic acids is 1. The van der Waals surface area contributed by atoms with Crippen LogP contribution in [0.4, 0.5) is 0 Å². The van der Waals surface area contributed by atoms with E-state index < -0.39 is 23.3 Å². The maximum atomic E-state index is 11.7. The van der Waals surface area contributed by atoms with Gasteiger partial charge in [0, 0.05) is 18.6 Å². The van der Waals surface area contributed by atoms with Gasteiger partial charge in [0.2, 0.25) is 12.9 Å². The Morgan fingerprint density at radius 1 is 1.67 bits per heavy atom. The molecule has 24 heavy (non-hydrogen) atoms. The molecule has 0 amide bonds. The molecule has 6 nitrogen and oxygen atoms in total. The van der Waals surface area contributed by atoms with Gasteiger partial charge in [0.25, 0.3) is 0 Å². The molecule has 1 aliphatic rings. The lowest BCUT2D eigenvalue weighted by atomic mass is 9.75. The van der Waals surface area contributed by atoms with Gasteiger partial charge in [-0.2, -0.15) is 0 Å². The summed E-state index contributed by atoms with van der Waals surface area (Å²) in [4.78, 5) is 11.7. The summed E-state index contributed by atoms with van der Waals surface area (Å²) in [5.41, 5.74) is -0.286. The predicted molar refractivity (Wildman–Crippen MR) is 96.0 cm³/mol. The van der Waals surface area contributed by atoms with E-state index in [1.165, 1.54) is 20.3 Å². The lowest BCUT2D eigenvalue weighted by Crippen LogP contribution is -2.63. The lowest BCUT2D eigenvalue weighted by molar-refractivity contribution is -0.346. The Morgan fingerprint density at radius 3 is 2.92 bits per heavy atom. The Balaban J connectivity index is 3.24. The van der Waals surface area contributed by atoms with E-state index in [4.69, 9.17) is 15.0 Å². The van der Waals surface area contributed by atoms with E-state index in [-0.39, 0.29) is 19.8 Å². The highest BCUT2D eigenvalue weighted by Gasteiger charge is 2.57. The van der Waals surface area contributed by atoms with Crippen LogP contribution >= 0.6 is 11.9 Å². The maximum absolute atomic E-state index is 11.7. The fourth-order valence-electron chi connectivity index (χ4n) is 2.89. The molecule has 3 atom stereocenters. The average molecular weight is 360 g/mol. The summed E-state index contributed by atoms with van der Waals surface area (Å²) in [7, 11) is 2.80. The number of methoxy groups -OCH3 is 2. The van der Waals surface area contributed by atoms with Crippen LogP contribution in [0.1, 0.15) is 26.7 Å². The van der Waals surface area contributed by atoms with E-state index in [0.717, 1.165) is 11.9 Å². The van der Waals surface area contributed by atoms with Gasteiger partial charge in [-0.1, -0.05) is 31.8 Å². The van der Waals surface area contributed by atoms with Crippen molar-refractivity contribution >= 4 is 25.0 Å². The molecule has 1 fully saturated rings. The summed E-state index contributed by atoms with van der Waals surface area (Å²) >= 11 is 1.00.